The molecule has 0 atom stereocenters. The van der Waals surface area contributed by atoms with Gasteiger partial charge in [-0.2, -0.15) is 5.10 Å². The molecule has 2 aromatic carbocycles. The normalized spacial score (nSPS) is 10.7. The summed E-state index contributed by atoms with van der Waals surface area (Å²) in [7, 11) is 0. The largest absolute Gasteiger partial charge is 0.490 e. The number of nitrogens with zero attached hydrogens (tertiary/aromatic N) is 3. The Morgan fingerprint density at radius 1 is 1.09 bits per heavy atom. The Balaban J connectivity index is 1.82. The first kappa shape index (κ1) is 22.9. The summed E-state index contributed by atoms with van der Waals surface area (Å²) in [4.78, 5) is 32.8. The Bertz CT molecular complexity index is 1230. The lowest BCUT2D eigenvalue weighted by molar-refractivity contribution is -0.394. The van der Waals surface area contributed by atoms with E-state index in [0.29, 0.717) is 16.9 Å². The predicted molar refractivity (Wildman–Crippen MR) is 116 cm³/mol. The van der Waals surface area contributed by atoms with Gasteiger partial charge in [-0.15, -0.1) is 0 Å². The highest BCUT2D eigenvalue weighted by molar-refractivity contribution is 5.95. The van der Waals surface area contributed by atoms with E-state index in [1.54, 1.807) is 26.0 Å². The standard InChI is InChI=1S/C21H18N4O8/c1-3-31-20-10-14(12-22-23-21(26)16-8-9-32-13(16)2)4-6-19(20)33-18-7-5-15(24(27)28)11-17(18)25(29)30/h4-12H,3H2,1-2H3,(H,23,26)/b22-12+. The second-order valence-electron chi connectivity index (χ2n) is 6.50. The van der Waals surface area contributed by atoms with Gasteiger partial charge >= 0.3 is 5.69 Å². The summed E-state index contributed by atoms with van der Waals surface area (Å²) in [5.41, 5.74) is 2.30. The van der Waals surface area contributed by atoms with Gasteiger partial charge in [0.2, 0.25) is 5.75 Å². The van der Waals surface area contributed by atoms with Crippen molar-refractivity contribution in [2.45, 2.75) is 13.8 Å². The van der Waals surface area contributed by atoms with Crippen LogP contribution in [0.15, 0.2) is 58.2 Å². The van der Waals surface area contributed by atoms with Crippen LogP contribution >= 0.6 is 0 Å². The van der Waals surface area contributed by atoms with Gasteiger partial charge in [-0.05, 0) is 49.7 Å². The summed E-state index contributed by atoms with van der Waals surface area (Å²) < 4.78 is 16.3. The molecule has 1 N–H and O–H groups in total. The molecule has 0 radical (unpaired) electrons. The summed E-state index contributed by atoms with van der Waals surface area (Å²) in [5, 5.41) is 26.2. The number of ether oxygens (including phenoxy) is 2. The van der Waals surface area contributed by atoms with Crippen LogP contribution in [0.4, 0.5) is 11.4 Å². The van der Waals surface area contributed by atoms with Gasteiger partial charge in [-0.1, -0.05) is 0 Å². The first-order valence-corrected chi connectivity index (χ1v) is 9.55. The zero-order chi connectivity index (χ0) is 24.0. The molecule has 1 amide bonds. The highest BCUT2D eigenvalue weighted by Crippen LogP contribution is 2.38. The zero-order valence-electron chi connectivity index (χ0n) is 17.5. The van der Waals surface area contributed by atoms with Crippen molar-refractivity contribution >= 4 is 23.5 Å². The molecule has 0 aliphatic heterocycles. The van der Waals surface area contributed by atoms with Crippen LogP contribution < -0.4 is 14.9 Å². The topological polar surface area (TPSA) is 159 Å². The Morgan fingerprint density at radius 3 is 2.48 bits per heavy atom. The van der Waals surface area contributed by atoms with E-state index in [1.807, 2.05) is 0 Å². The molecule has 0 aliphatic rings. The van der Waals surface area contributed by atoms with Crippen LogP contribution in [0.1, 0.15) is 28.6 Å². The van der Waals surface area contributed by atoms with Crippen LogP contribution in [-0.2, 0) is 0 Å². The van der Waals surface area contributed by atoms with Crippen molar-refractivity contribution in [3.8, 4) is 17.2 Å². The molecule has 3 aromatic rings. The number of hydrazone groups is 1. The lowest BCUT2D eigenvalue weighted by Gasteiger charge is -2.12. The quantitative estimate of drug-likeness (QED) is 0.283. The highest BCUT2D eigenvalue weighted by atomic mass is 16.6. The minimum Gasteiger partial charge on any atom is -0.490 e. The number of hydrogen-bond acceptors (Lipinski definition) is 9. The molecule has 12 heteroatoms. The van der Waals surface area contributed by atoms with E-state index in [-0.39, 0.29) is 23.9 Å². The number of furan rings is 1. The fourth-order valence-electron chi connectivity index (χ4n) is 2.77. The van der Waals surface area contributed by atoms with Gasteiger partial charge in [0.25, 0.3) is 11.6 Å². The molecule has 12 nitrogen and oxygen atoms in total. The van der Waals surface area contributed by atoms with Crippen LogP contribution in [0.3, 0.4) is 0 Å². The van der Waals surface area contributed by atoms with Crippen LogP contribution in [0.25, 0.3) is 0 Å². The minimum atomic E-state index is -0.770. The number of non-ortho nitro benzene ring substituents is 1. The van der Waals surface area contributed by atoms with Crippen molar-refractivity contribution in [3.05, 3.63) is 85.8 Å². The van der Waals surface area contributed by atoms with Gasteiger partial charge in [0.15, 0.2) is 11.5 Å². The maximum atomic E-state index is 12.1. The monoisotopic (exact) mass is 454 g/mol. The minimum absolute atomic E-state index is 0.156. The number of carbonyl (C=O) groups excluding carboxylic acids is 1. The Labute approximate surface area is 186 Å². The molecule has 0 saturated heterocycles. The van der Waals surface area contributed by atoms with Gasteiger partial charge in [0.1, 0.15) is 5.76 Å². The fourth-order valence-corrected chi connectivity index (χ4v) is 2.77. The van der Waals surface area contributed by atoms with Gasteiger partial charge < -0.3 is 13.9 Å². The second-order valence-corrected chi connectivity index (χ2v) is 6.50. The first-order valence-electron chi connectivity index (χ1n) is 9.55. The number of amides is 1. The molecule has 0 unspecified atom stereocenters. The first-order chi connectivity index (χ1) is 15.8. The van der Waals surface area contributed by atoms with Crippen molar-refractivity contribution in [1.82, 2.24) is 5.43 Å². The third kappa shape index (κ3) is 5.50. The number of nitro benzene ring substituents is 2. The van der Waals surface area contributed by atoms with Crippen LogP contribution in [0.5, 0.6) is 17.2 Å². The molecular formula is C21H18N4O8. The molecule has 0 bridgehead atoms. The number of nitro groups is 2. The fraction of sp³-hybridized carbons (Fsp3) is 0.143. The highest BCUT2D eigenvalue weighted by Gasteiger charge is 2.22. The Morgan fingerprint density at radius 2 is 1.85 bits per heavy atom. The summed E-state index contributed by atoms with van der Waals surface area (Å²) >= 11 is 0. The van der Waals surface area contributed by atoms with Crippen LogP contribution in [0, 0.1) is 27.2 Å². The number of carbonyl (C=O) groups is 1. The molecule has 1 aromatic heterocycles. The van der Waals surface area contributed by atoms with Gasteiger partial charge in [0.05, 0.1) is 40.6 Å². The molecule has 0 aliphatic carbocycles. The third-order valence-electron chi connectivity index (χ3n) is 4.32. The van der Waals surface area contributed by atoms with Crippen molar-refractivity contribution in [3.63, 3.8) is 0 Å². The smallest absolute Gasteiger partial charge is 0.318 e. The van der Waals surface area contributed by atoms with Crippen molar-refractivity contribution in [1.29, 1.82) is 0 Å². The number of nitrogens with one attached hydrogen (secondary N) is 1. The van der Waals surface area contributed by atoms with E-state index >= 15 is 0 Å². The number of hydrogen-bond donors (Lipinski definition) is 1. The molecule has 0 spiro atoms. The van der Waals surface area contributed by atoms with E-state index in [1.165, 1.54) is 24.6 Å². The predicted octanol–water partition coefficient (Wildman–Crippen LogP) is 4.36. The van der Waals surface area contributed by atoms with E-state index in [4.69, 9.17) is 13.9 Å². The van der Waals surface area contributed by atoms with E-state index in [2.05, 4.69) is 10.5 Å². The maximum Gasteiger partial charge on any atom is 0.318 e. The number of rotatable bonds is 9. The van der Waals surface area contributed by atoms with Gasteiger partial charge in [0, 0.05) is 6.07 Å². The van der Waals surface area contributed by atoms with E-state index in [9.17, 15) is 25.0 Å². The molecule has 1 heterocycles. The summed E-state index contributed by atoms with van der Waals surface area (Å²) in [5.74, 6) is 0.252. The molecule has 33 heavy (non-hydrogen) atoms. The van der Waals surface area contributed by atoms with E-state index < -0.39 is 27.1 Å². The summed E-state index contributed by atoms with van der Waals surface area (Å²) in [6, 6.07) is 9.25. The average molecular weight is 454 g/mol. The lowest BCUT2D eigenvalue weighted by Crippen LogP contribution is -2.17. The van der Waals surface area contributed by atoms with Crippen molar-refractivity contribution in [2.24, 2.45) is 5.10 Å². The molecule has 0 fully saturated rings. The molecule has 3 rings (SSSR count). The molecular weight excluding hydrogens is 436 g/mol. The zero-order valence-corrected chi connectivity index (χ0v) is 17.5. The summed E-state index contributed by atoms with van der Waals surface area (Å²) in [6.07, 6.45) is 2.78. The van der Waals surface area contributed by atoms with Crippen molar-refractivity contribution < 1.29 is 28.5 Å². The molecule has 0 saturated carbocycles. The van der Waals surface area contributed by atoms with Gasteiger partial charge in [-0.25, -0.2) is 5.43 Å². The van der Waals surface area contributed by atoms with Crippen LogP contribution in [0.2, 0.25) is 0 Å². The number of benzene rings is 2. The Kier molecular flexibility index (Phi) is 6.98. The Hall–Kier alpha value is -4.74. The van der Waals surface area contributed by atoms with Gasteiger partial charge in [-0.3, -0.25) is 25.0 Å². The van der Waals surface area contributed by atoms with Crippen molar-refractivity contribution in [2.75, 3.05) is 6.61 Å². The van der Waals surface area contributed by atoms with Crippen LogP contribution in [-0.4, -0.2) is 28.6 Å². The third-order valence-corrected chi connectivity index (χ3v) is 4.32. The molecule has 170 valence electrons. The lowest BCUT2D eigenvalue weighted by atomic mass is 10.2. The second kappa shape index (κ2) is 10.0. The average Bonchev–Trinajstić information content (AvgIpc) is 3.21. The van der Waals surface area contributed by atoms with E-state index in [0.717, 1.165) is 18.2 Å². The number of aryl methyl sites for hydroxylation is 1. The maximum absolute atomic E-state index is 12.1. The SMILES string of the molecule is CCOc1cc(/C=N/NC(=O)c2ccoc2C)ccc1Oc1ccc([N+](=O)[O-])cc1[N+](=O)[O-]. The summed E-state index contributed by atoms with van der Waals surface area (Å²) in [6.45, 7) is 3.67.